The smallest absolute Gasteiger partial charge is 0.329 e. The van der Waals surface area contributed by atoms with Crippen molar-refractivity contribution in [1.29, 1.82) is 0 Å². The van der Waals surface area contributed by atoms with Gasteiger partial charge in [-0.05, 0) is 37.5 Å². The Labute approximate surface area is 183 Å². The van der Waals surface area contributed by atoms with Gasteiger partial charge in [-0.3, -0.25) is 9.59 Å². The lowest BCUT2D eigenvalue weighted by molar-refractivity contribution is -0.151. The van der Waals surface area contributed by atoms with E-state index in [0.29, 0.717) is 11.3 Å². The van der Waals surface area contributed by atoms with E-state index in [-0.39, 0.29) is 17.9 Å². The summed E-state index contributed by atoms with van der Waals surface area (Å²) in [5.41, 5.74) is 2.11. The lowest BCUT2D eigenvalue weighted by Gasteiger charge is -2.22. The second-order valence-corrected chi connectivity index (χ2v) is 7.65. The van der Waals surface area contributed by atoms with Crippen LogP contribution in [0.15, 0.2) is 48.5 Å². The third-order valence-corrected chi connectivity index (χ3v) is 4.93. The van der Waals surface area contributed by atoms with Crippen molar-refractivity contribution >= 4 is 17.8 Å². The first-order chi connectivity index (χ1) is 14.7. The lowest BCUT2D eigenvalue weighted by atomic mass is 10.0. The summed E-state index contributed by atoms with van der Waals surface area (Å²) in [6.07, 6.45) is 0. The van der Waals surface area contributed by atoms with Gasteiger partial charge in [0.2, 0.25) is 0 Å². The molecular formula is C24H30N2O5. The maximum absolute atomic E-state index is 12.6. The number of nitrogens with one attached hydrogen (secondary N) is 2. The Morgan fingerprint density at radius 2 is 1.58 bits per heavy atom. The van der Waals surface area contributed by atoms with E-state index in [1.807, 2.05) is 50.2 Å². The highest BCUT2D eigenvalue weighted by Crippen LogP contribution is 2.24. The monoisotopic (exact) mass is 426 g/mol. The fourth-order valence-corrected chi connectivity index (χ4v) is 3.16. The minimum atomic E-state index is -0.869. The van der Waals surface area contributed by atoms with Crippen LogP contribution in [-0.2, 0) is 14.3 Å². The first-order valence-corrected chi connectivity index (χ1v) is 10.2. The van der Waals surface area contributed by atoms with Crippen LogP contribution in [0.2, 0.25) is 0 Å². The summed E-state index contributed by atoms with van der Waals surface area (Å²) in [6, 6.07) is 13.3. The number of aryl methyl sites for hydroxylation is 1. The Morgan fingerprint density at radius 3 is 2.23 bits per heavy atom. The summed E-state index contributed by atoms with van der Waals surface area (Å²) < 4.78 is 10.5. The maximum atomic E-state index is 12.6. The number of esters is 1. The van der Waals surface area contributed by atoms with Crippen molar-refractivity contribution < 1.29 is 23.9 Å². The molecule has 166 valence electrons. The number of carbonyl (C=O) groups is 3. The van der Waals surface area contributed by atoms with E-state index in [2.05, 4.69) is 10.6 Å². The van der Waals surface area contributed by atoms with Crippen molar-refractivity contribution in [3.8, 4) is 5.75 Å². The Hall–Kier alpha value is -3.35. The average Bonchev–Trinajstić information content (AvgIpc) is 2.75. The molecule has 0 aromatic heterocycles. The van der Waals surface area contributed by atoms with Gasteiger partial charge in [-0.25, -0.2) is 4.79 Å². The molecule has 2 aromatic carbocycles. The number of methoxy groups -OCH3 is 1. The van der Waals surface area contributed by atoms with Gasteiger partial charge in [0, 0.05) is 11.1 Å². The largest absolute Gasteiger partial charge is 0.496 e. The fourth-order valence-electron chi connectivity index (χ4n) is 3.16. The number of carbonyl (C=O) groups excluding carboxylic acids is 3. The molecule has 2 atom stereocenters. The number of hydrogen-bond donors (Lipinski definition) is 2. The van der Waals surface area contributed by atoms with E-state index in [4.69, 9.17) is 9.47 Å². The highest BCUT2D eigenvalue weighted by molar-refractivity contribution is 5.98. The van der Waals surface area contributed by atoms with Crippen LogP contribution < -0.4 is 15.4 Å². The van der Waals surface area contributed by atoms with Gasteiger partial charge in [-0.15, -0.1) is 0 Å². The first kappa shape index (κ1) is 23.9. The third kappa shape index (κ3) is 6.57. The van der Waals surface area contributed by atoms with Crippen molar-refractivity contribution in [2.75, 3.05) is 13.7 Å². The number of para-hydroxylation sites is 1. The molecule has 0 saturated carbocycles. The van der Waals surface area contributed by atoms with Gasteiger partial charge in [0.15, 0.2) is 6.61 Å². The summed E-state index contributed by atoms with van der Waals surface area (Å²) in [6.45, 7) is 6.80. The van der Waals surface area contributed by atoms with E-state index in [1.54, 1.807) is 33.1 Å². The van der Waals surface area contributed by atoms with Crippen molar-refractivity contribution in [2.45, 2.75) is 39.8 Å². The zero-order chi connectivity index (χ0) is 23.0. The van der Waals surface area contributed by atoms with Gasteiger partial charge in [-0.2, -0.15) is 0 Å². The minimum Gasteiger partial charge on any atom is -0.496 e. The molecule has 0 heterocycles. The Kier molecular flexibility index (Phi) is 8.61. The van der Waals surface area contributed by atoms with Crippen molar-refractivity contribution in [3.63, 3.8) is 0 Å². The second kappa shape index (κ2) is 11.2. The van der Waals surface area contributed by atoms with Crippen LogP contribution >= 0.6 is 0 Å². The van der Waals surface area contributed by atoms with Gasteiger partial charge in [0.05, 0.1) is 13.2 Å². The van der Waals surface area contributed by atoms with Crippen LogP contribution in [0.5, 0.6) is 5.75 Å². The van der Waals surface area contributed by atoms with Crippen molar-refractivity contribution in [1.82, 2.24) is 10.6 Å². The Morgan fingerprint density at radius 1 is 0.935 bits per heavy atom. The topological polar surface area (TPSA) is 93.7 Å². The predicted octanol–water partition coefficient (Wildman–Crippen LogP) is 3.18. The van der Waals surface area contributed by atoms with Gasteiger partial charge in [-0.1, -0.05) is 50.2 Å². The van der Waals surface area contributed by atoms with Gasteiger partial charge in [0.25, 0.3) is 11.8 Å². The number of hydrogen-bond acceptors (Lipinski definition) is 5. The molecule has 7 heteroatoms. The molecule has 2 amide bonds. The standard InChI is InChI=1S/C24H30N2O5/c1-15(2)22(26-23(28)18-11-7-6-10-16(18)3)24(29)31-14-21(27)25-17(4)19-12-8-9-13-20(19)30-5/h6-13,15,17,22H,14H2,1-5H3,(H,25,27)(H,26,28)/t17?,22-/m0/s1. The van der Waals surface area contributed by atoms with E-state index in [0.717, 1.165) is 11.1 Å². The molecule has 31 heavy (non-hydrogen) atoms. The number of amides is 2. The van der Waals surface area contributed by atoms with Gasteiger partial charge in [0.1, 0.15) is 11.8 Å². The Balaban J connectivity index is 1.94. The molecule has 0 bridgehead atoms. The molecular weight excluding hydrogens is 396 g/mol. The van der Waals surface area contributed by atoms with Gasteiger partial charge >= 0.3 is 5.97 Å². The van der Waals surface area contributed by atoms with Crippen LogP contribution in [0.4, 0.5) is 0 Å². The predicted molar refractivity (Wildman–Crippen MR) is 118 cm³/mol. The number of ether oxygens (including phenoxy) is 2. The molecule has 2 rings (SSSR count). The van der Waals surface area contributed by atoms with Crippen LogP contribution in [-0.4, -0.2) is 37.5 Å². The molecule has 0 aliphatic heterocycles. The molecule has 7 nitrogen and oxygen atoms in total. The number of rotatable bonds is 9. The second-order valence-electron chi connectivity index (χ2n) is 7.65. The first-order valence-electron chi connectivity index (χ1n) is 10.2. The molecule has 0 spiro atoms. The third-order valence-electron chi connectivity index (χ3n) is 4.93. The van der Waals surface area contributed by atoms with Crippen LogP contribution in [0, 0.1) is 12.8 Å². The Bertz CT molecular complexity index is 926. The maximum Gasteiger partial charge on any atom is 0.329 e. The molecule has 0 aliphatic rings. The summed E-state index contributed by atoms with van der Waals surface area (Å²) in [5.74, 6) is -1.01. The normalized spacial score (nSPS) is 12.6. The van der Waals surface area contributed by atoms with Crippen molar-refractivity contribution in [3.05, 3.63) is 65.2 Å². The van der Waals surface area contributed by atoms with E-state index >= 15 is 0 Å². The van der Waals surface area contributed by atoms with Crippen LogP contribution in [0.1, 0.15) is 48.3 Å². The number of benzene rings is 2. The van der Waals surface area contributed by atoms with Crippen molar-refractivity contribution in [2.24, 2.45) is 5.92 Å². The van der Waals surface area contributed by atoms with E-state index < -0.39 is 24.5 Å². The molecule has 0 radical (unpaired) electrons. The van der Waals surface area contributed by atoms with Gasteiger partial charge < -0.3 is 20.1 Å². The summed E-state index contributed by atoms with van der Waals surface area (Å²) in [5, 5.41) is 5.50. The highest BCUT2D eigenvalue weighted by Gasteiger charge is 2.27. The van der Waals surface area contributed by atoms with E-state index in [9.17, 15) is 14.4 Å². The molecule has 0 fully saturated rings. The van der Waals surface area contributed by atoms with E-state index in [1.165, 1.54) is 0 Å². The SMILES string of the molecule is COc1ccccc1C(C)NC(=O)COC(=O)[C@@H](NC(=O)c1ccccc1C)C(C)C. The summed E-state index contributed by atoms with van der Waals surface area (Å²) >= 11 is 0. The summed E-state index contributed by atoms with van der Waals surface area (Å²) in [7, 11) is 1.56. The zero-order valence-electron chi connectivity index (χ0n) is 18.6. The highest BCUT2D eigenvalue weighted by atomic mass is 16.5. The molecule has 2 N–H and O–H groups in total. The fraction of sp³-hybridized carbons (Fsp3) is 0.375. The van der Waals surface area contributed by atoms with Crippen LogP contribution in [0.25, 0.3) is 0 Å². The average molecular weight is 427 g/mol. The molecule has 2 aromatic rings. The molecule has 0 saturated heterocycles. The quantitative estimate of drug-likeness (QED) is 0.601. The lowest BCUT2D eigenvalue weighted by Crippen LogP contribution is -2.46. The van der Waals surface area contributed by atoms with Crippen LogP contribution in [0.3, 0.4) is 0 Å². The molecule has 1 unspecified atom stereocenters. The molecule has 0 aliphatic carbocycles. The summed E-state index contributed by atoms with van der Waals surface area (Å²) in [4.78, 5) is 37.4. The minimum absolute atomic E-state index is 0.212. The zero-order valence-corrected chi connectivity index (χ0v) is 18.6.